The molecule has 0 fully saturated rings. The Morgan fingerprint density at radius 3 is 2.82 bits per heavy atom. The fraction of sp³-hybridized carbons (Fsp3) is 0.250. The minimum Gasteiger partial charge on any atom is -0.368 e. The van der Waals surface area contributed by atoms with Crippen LogP contribution in [0.25, 0.3) is 0 Å². The summed E-state index contributed by atoms with van der Waals surface area (Å²) in [6.45, 7) is 0. The first-order valence-electron chi connectivity index (χ1n) is 4.53. The summed E-state index contributed by atoms with van der Waals surface area (Å²) in [7, 11) is 3.72. The summed E-state index contributed by atoms with van der Waals surface area (Å²) in [5.41, 5.74) is 5.39. The Bertz CT molecular complexity index is 528. The number of anilines is 2. The van der Waals surface area contributed by atoms with Crippen molar-refractivity contribution < 1.29 is 4.39 Å². The SMILES string of the molecule is CN(C)c1nnc(Sc2nc(N)ncc2F)s1. The highest BCUT2D eigenvalue weighted by Gasteiger charge is 2.12. The standard InChI is InChI=1S/C8H9FN6S2/c1-15(2)7-13-14-8(17-7)16-5-4(9)3-11-6(10)12-5/h3H,1-2H3,(H2,10,11,12). The van der Waals surface area contributed by atoms with Gasteiger partial charge in [0.2, 0.25) is 11.1 Å². The smallest absolute Gasteiger partial charge is 0.221 e. The van der Waals surface area contributed by atoms with Gasteiger partial charge in [-0.2, -0.15) is 0 Å². The van der Waals surface area contributed by atoms with Crippen LogP contribution in [0.3, 0.4) is 0 Å². The molecule has 2 aromatic rings. The molecular weight excluding hydrogens is 263 g/mol. The van der Waals surface area contributed by atoms with Crippen LogP contribution in [-0.4, -0.2) is 34.3 Å². The maximum atomic E-state index is 13.4. The van der Waals surface area contributed by atoms with Gasteiger partial charge < -0.3 is 10.6 Å². The highest BCUT2D eigenvalue weighted by Crippen LogP contribution is 2.32. The lowest BCUT2D eigenvalue weighted by atomic mass is 10.6. The van der Waals surface area contributed by atoms with Crippen molar-refractivity contribution in [2.45, 2.75) is 9.37 Å². The molecule has 0 amide bonds. The topological polar surface area (TPSA) is 80.8 Å². The average Bonchev–Trinajstić information content (AvgIpc) is 2.72. The van der Waals surface area contributed by atoms with Gasteiger partial charge in [-0.25, -0.2) is 14.4 Å². The van der Waals surface area contributed by atoms with Crippen molar-refractivity contribution in [3.63, 3.8) is 0 Å². The van der Waals surface area contributed by atoms with Crippen molar-refractivity contribution >= 4 is 34.2 Å². The fourth-order valence-corrected chi connectivity index (χ4v) is 2.61. The number of aromatic nitrogens is 4. The van der Waals surface area contributed by atoms with Crippen LogP contribution < -0.4 is 10.6 Å². The number of rotatable bonds is 3. The lowest BCUT2D eigenvalue weighted by Gasteiger charge is -2.03. The fourth-order valence-electron chi connectivity index (χ4n) is 0.943. The van der Waals surface area contributed by atoms with E-state index in [-0.39, 0.29) is 11.0 Å². The molecule has 0 aliphatic carbocycles. The zero-order valence-corrected chi connectivity index (χ0v) is 10.7. The van der Waals surface area contributed by atoms with Gasteiger partial charge in [0.1, 0.15) is 5.03 Å². The van der Waals surface area contributed by atoms with Crippen molar-refractivity contribution in [3.8, 4) is 0 Å². The van der Waals surface area contributed by atoms with Crippen LogP contribution in [0, 0.1) is 5.82 Å². The summed E-state index contributed by atoms with van der Waals surface area (Å²) in [5, 5.41) is 8.76. The Labute approximate surface area is 105 Å². The van der Waals surface area contributed by atoms with Gasteiger partial charge in [-0.1, -0.05) is 11.3 Å². The quantitative estimate of drug-likeness (QED) is 0.842. The second kappa shape index (κ2) is 4.80. The molecule has 0 saturated carbocycles. The zero-order valence-electron chi connectivity index (χ0n) is 9.09. The van der Waals surface area contributed by atoms with Gasteiger partial charge in [-0.05, 0) is 11.8 Å². The summed E-state index contributed by atoms with van der Waals surface area (Å²) in [4.78, 5) is 9.18. The molecule has 0 saturated heterocycles. The first-order valence-corrected chi connectivity index (χ1v) is 6.16. The molecule has 2 N–H and O–H groups in total. The van der Waals surface area contributed by atoms with Gasteiger partial charge in [0.05, 0.1) is 6.20 Å². The molecule has 0 unspecified atom stereocenters. The van der Waals surface area contributed by atoms with Crippen LogP contribution in [0.2, 0.25) is 0 Å². The van der Waals surface area contributed by atoms with E-state index in [0.29, 0.717) is 4.34 Å². The van der Waals surface area contributed by atoms with Gasteiger partial charge in [0.25, 0.3) is 0 Å². The van der Waals surface area contributed by atoms with Crippen molar-refractivity contribution in [3.05, 3.63) is 12.0 Å². The van der Waals surface area contributed by atoms with Gasteiger partial charge >= 0.3 is 0 Å². The zero-order chi connectivity index (χ0) is 12.4. The maximum Gasteiger partial charge on any atom is 0.221 e. The normalized spacial score (nSPS) is 10.5. The number of hydrogen-bond acceptors (Lipinski definition) is 8. The Morgan fingerprint density at radius 1 is 1.41 bits per heavy atom. The summed E-state index contributed by atoms with van der Waals surface area (Å²) in [6, 6.07) is 0. The van der Waals surface area contributed by atoms with Gasteiger partial charge in [-0.3, -0.25) is 0 Å². The maximum absolute atomic E-state index is 13.4. The van der Waals surface area contributed by atoms with Gasteiger partial charge in [-0.15, -0.1) is 10.2 Å². The average molecular weight is 272 g/mol. The Kier molecular flexibility index (Phi) is 3.38. The van der Waals surface area contributed by atoms with E-state index in [1.165, 1.54) is 11.3 Å². The molecule has 90 valence electrons. The number of nitrogen functional groups attached to an aromatic ring is 1. The third kappa shape index (κ3) is 2.80. The number of halogens is 1. The van der Waals surface area contributed by atoms with E-state index in [0.717, 1.165) is 23.1 Å². The van der Waals surface area contributed by atoms with Crippen LogP contribution in [0.5, 0.6) is 0 Å². The van der Waals surface area contributed by atoms with E-state index < -0.39 is 5.82 Å². The first kappa shape index (κ1) is 12.0. The number of hydrogen-bond donors (Lipinski definition) is 1. The lowest BCUT2D eigenvalue weighted by Crippen LogP contribution is -2.07. The summed E-state index contributed by atoms with van der Waals surface area (Å²) in [5.74, 6) is -0.489. The van der Waals surface area contributed by atoms with E-state index in [4.69, 9.17) is 5.73 Å². The van der Waals surface area contributed by atoms with Crippen LogP contribution >= 0.6 is 23.1 Å². The Morgan fingerprint density at radius 2 is 2.18 bits per heavy atom. The molecule has 0 aromatic carbocycles. The summed E-state index contributed by atoms with van der Waals surface area (Å²) in [6.07, 6.45) is 1.04. The molecule has 0 spiro atoms. The molecule has 9 heteroatoms. The van der Waals surface area contributed by atoms with Crippen LogP contribution in [-0.2, 0) is 0 Å². The Balaban J connectivity index is 2.22. The van der Waals surface area contributed by atoms with Crippen molar-refractivity contribution in [2.24, 2.45) is 0 Å². The lowest BCUT2D eigenvalue weighted by molar-refractivity contribution is 0.580. The van der Waals surface area contributed by atoms with E-state index in [1.807, 2.05) is 19.0 Å². The summed E-state index contributed by atoms with van der Waals surface area (Å²) >= 11 is 2.43. The molecule has 6 nitrogen and oxygen atoms in total. The second-order valence-electron chi connectivity index (χ2n) is 3.23. The molecular formula is C8H9FN6S2. The highest BCUT2D eigenvalue weighted by atomic mass is 32.2. The highest BCUT2D eigenvalue weighted by molar-refractivity contribution is 8.01. The van der Waals surface area contributed by atoms with Crippen LogP contribution in [0.4, 0.5) is 15.5 Å². The third-order valence-electron chi connectivity index (χ3n) is 1.69. The minimum absolute atomic E-state index is 0.0336. The number of nitrogens with zero attached hydrogens (tertiary/aromatic N) is 5. The van der Waals surface area contributed by atoms with E-state index in [1.54, 1.807) is 0 Å². The van der Waals surface area contributed by atoms with Gasteiger partial charge in [0.15, 0.2) is 10.2 Å². The van der Waals surface area contributed by atoms with Crippen LogP contribution in [0.15, 0.2) is 15.6 Å². The molecule has 17 heavy (non-hydrogen) atoms. The molecule has 0 aliphatic rings. The monoisotopic (exact) mass is 272 g/mol. The first-order chi connectivity index (χ1) is 8.06. The predicted octanol–water partition coefficient (Wildman–Crippen LogP) is 1.27. The van der Waals surface area contributed by atoms with Crippen molar-refractivity contribution in [1.29, 1.82) is 0 Å². The van der Waals surface area contributed by atoms with E-state index >= 15 is 0 Å². The second-order valence-corrected chi connectivity index (χ2v) is 5.42. The number of nitrogens with two attached hydrogens (primary N) is 1. The predicted molar refractivity (Wildman–Crippen MR) is 64.8 cm³/mol. The molecule has 2 aromatic heterocycles. The summed E-state index contributed by atoms with van der Waals surface area (Å²) < 4.78 is 14.0. The largest absolute Gasteiger partial charge is 0.368 e. The van der Waals surface area contributed by atoms with E-state index in [9.17, 15) is 4.39 Å². The molecule has 0 bridgehead atoms. The molecule has 0 aliphatic heterocycles. The third-order valence-corrected chi connectivity index (χ3v) is 3.81. The molecule has 2 heterocycles. The Hall–Kier alpha value is -1.48. The van der Waals surface area contributed by atoms with Crippen molar-refractivity contribution in [1.82, 2.24) is 20.2 Å². The van der Waals surface area contributed by atoms with E-state index in [2.05, 4.69) is 20.2 Å². The molecule has 0 atom stereocenters. The molecule has 2 rings (SSSR count). The van der Waals surface area contributed by atoms with Gasteiger partial charge in [0, 0.05) is 14.1 Å². The molecule has 0 radical (unpaired) electrons. The van der Waals surface area contributed by atoms with Crippen molar-refractivity contribution in [2.75, 3.05) is 24.7 Å². The minimum atomic E-state index is -0.522. The van der Waals surface area contributed by atoms with Crippen LogP contribution in [0.1, 0.15) is 0 Å².